The van der Waals surface area contributed by atoms with Gasteiger partial charge in [-0.2, -0.15) is 0 Å². The summed E-state index contributed by atoms with van der Waals surface area (Å²) in [5.41, 5.74) is 0. The fourth-order valence-corrected chi connectivity index (χ4v) is 1.78. The van der Waals surface area contributed by atoms with Crippen LogP contribution < -0.4 is 9.47 Å². The van der Waals surface area contributed by atoms with Crippen molar-refractivity contribution in [3.63, 3.8) is 0 Å². The highest BCUT2D eigenvalue weighted by atomic mass is 16.6. The van der Waals surface area contributed by atoms with E-state index in [0.29, 0.717) is 30.7 Å². The average Bonchev–Trinajstić information content (AvgIpc) is 2.46. The molecule has 5 nitrogen and oxygen atoms in total. The van der Waals surface area contributed by atoms with Crippen molar-refractivity contribution in [3.05, 3.63) is 24.3 Å². The summed E-state index contributed by atoms with van der Waals surface area (Å²) < 4.78 is 16.3. The Kier molecular flexibility index (Phi) is 4.84. The summed E-state index contributed by atoms with van der Waals surface area (Å²) in [6.07, 6.45) is -0.686. The van der Waals surface area contributed by atoms with Crippen LogP contribution >= 0.6 is 0 Å². The molecule has 0 amide bonds. The minimum absolute atomic E-state index is 0.190. The van der Waals surface area contributed by atoms with Gasteiger partial charge in [0.15, 0.2) is 11.5 Å². The predicted octanol–water partition coefficient (Wildman–Crippen LogP) is 1.71. The molecule has 110 valence electrons. The second-order valence-electron chi connectivity index (χ2n) is 5.11. The molecule has 0 radical (unpaired) electrons. The quantitative estimate of drug-likeness (QED) is 0.768. The molecule has 0 aliphatic carbocycles. The van der Waals surface area contributed by atoms with Crippen LogP contribution in [0.1, 0.15) is 13.8 Å². The van der Waals surface area contributed by atoms with E-state index in [-0.39, 0.29) is 12.6 Å². The maximum atomic E-state index is 11.9. The number of carbonyl (C=O) groups is 1. The molecule has 20 heavy (non-hydrogen) atoms. The monoisotopic (exact) mass is 279 g/mol. The van der Waals surface area contributed by atoms with Crippen LogP contribution in [0.15, 0.2) is 24.3 Å². The van der Waals surface area contributed by atoms with E-state index in [4.69, 9.17) is 14.2 Å². The van der Waals surface area contributed by atoms with Crippen molar-refractivity contribution >= 4 is 5.97 Å². The molecule has 0 aromatic heterocycles. The van der Waals surface area contributed by atoms with Gasteiger partial charge in [-0.05, 0) is 33.0 Å². The van der Waals surface area contributed by atoms with Gasteiger partial charge < -0.3 is 19.1 Å². The summed E-state index contributed by atoms with van der Waals surface area (Å²) in [6.45, 7) is 5.44. The topological polar surface area (TPSA) is 48.0 Å². The van der Waals surface area contributed by atoms with Gasteiger partial charge in [0.05, 0.1) is 0 Å². The number of hydrogen-bond donors (Lipinski definition) is 0. The van der Waals surface area contributed by atoms with Gasteiger partial charge in [0.2, 0.25) is 6.10 Å². The second kappa shape index (κ2) is 6.61. The molecule has 1 aromatic carbocycles. The van der Waals surface area contributed by atoms with E-state index in [1.807, 2.05) is 25.2 Å². The standard InChI is InChI=1S/C15H21NO4/c1-11(2)16(3)8-9-18-15(17)14-10-19-12-6-4-5-7-13(12)20-14/h4-7,11,14H,8-10H2,1-3H3. The number of carbonyl (C=O) groups excluding carboxylic acids is 1. The van der Waals surface area contributed by atoms with Gasteiger partial charge in [0.1, 0.15) is 13.2 Å². The number of hydrogen-bond acceptors (Lipinski definition) is 5. The third-order valence-corrected chi connectivity index (χ3v) is 3.34. The Balaban J connectivity index is 1.80. The molecule has 0 saturated carbocycles. The van der Waals surface area contributed by atoms with E-state index in [9.17, 15) is 4.79 Å². The third-order valence-electron chi connectivity index (χ3n) is 3.34. The smallest absolute Gasteiger partial charge is 0.351 e. The number of rotatable bonds is 5. The van der Waals surface area contributed by atoms with Crippen LogP contribution in [0.2, 0.25) is 0 Å². The molecule has 1 unspecified atom stereocenters. The summed E-state index contributed by atoms with van der Waals surface area (Å²) in [4.78, 5) is 14.0. The molecule has 1 heterocycles. The molecular formula is C15H21NO4. The van der Waals surface area contributed by atoms with E-state index in [1.165, 1.54) is 0 Å². The Morgan fingerprint density at radius 2 is 2.10 bits per heavy atom. The van der Waals surface area contributed by atoms with Gasteiger partial charge in [-0.3, -0.25) is 0 Å². The average molecular weight is 279 g/mol. The first-order valence-electron chi connectivity index (χ1n) is 6.83. The van der Waals surface area contributed by atoms with E-state index in [0.717, 1.165) is 0 Å². The number of para-hydroxylation sites is 2. The lowest BCUT2D eigenvalue weighted by Crippen LogP contribution is -2.39. The Labute approximate surface area is 119 Å². The fourth-order valence-electron chi connectivity index (χ4n) is 1.78. The summed E-state index contributed by atoms with van der Waals surface area (Å²) in [7, 11) is 2.00. The van der Waals surface area contributed by atoms with E-state index in [2.05, 4.69) is 18.7 Å². The Bertz CT molecular complexity index is 461. The van der Waals surface area contributed by atoms with E-state index >= 15 is 0 Å². The van der Waals surface area contributed by atoms with Crippen molar-refractivity contribution in [2.24, 2.45) is 0 Å². The zero-order chi connectivity index (χ0) is 14.5. The van der Waals surface area contributed by atoms with Crippen LogP contribution in [0.5, 0.6) is 11.5 Å². The normalized spacial score (nSPS) is 17.4. The largest absolute Gasteiger partial charge is 0.485 e. The maximum absolute atomic E-state index is 11.9. The number of likely N-dealkylation sites (N-methyl/N-ethyl adjacent to an activating group) is 1. The highest BCUT2D eigenvalue weighted by molar-refractivity contribution is 5.76. The zero-order valence-corrected chi connectivity index (χ0v) is 12.2. The summed E-state index contributed by atoms with van der Waals surface area (Å²) in [6, 6.07) is 7.72. The summed E-state index contributed by atoms with van der Waals surface area (Å²) in [5, 5.41) is 0. The van der Waals surface area contributed by atoms with Crippen LogP contribution in [0.3, 0.4) is 0 Å². The molecule has 0 N–H and O–H groups in total. The van der Waals surface area contributed by atoms with Crippen molar-refractivity contribution in [3.8, 4) is 11.5 Å². The van der Waals surface area contributed by atoms with Crippen LogP contribution in [-0.2, 0) is 9.53 Å². The van der Waals surface area contributed by atoms with Gasteiger partial charge in [-0.15, -0.1) is 0 Å². The lowest BCUT2D eigenvalue weighted by Gasteiger charge is -2.25. The molecule has 0 fully saturated rings. The van der Waals surface area contributed by atoms with Crippen LogP contribution in [0.25, 0.3) is 0 Å². The minimum atomic E-state index is -0.686. The van der Waals surface area contributed by atoms with E-state index in [1.54, 1.807) is 6.07 Å². The van der Waals surface area contributed by atoms with Gasteiger partial charge in [-0.25, -0.2) is 4.79 Å². The molecule has 1 aliphatic rings. The molecule has 1 aromatic rings. The summed E-state index contributed by atoms with van der Waals surface area (Å²) >= 11 is 0. The second-order valence-corrected chi connectivity index (χ2v) is 5.11. The number of esters is 1. The van der Waals surface area contributed by atoms with Crippen LogP contribution in [0, 0.1) is 0 Å². The van der Waals surface area contributed by atoms with Gasteiger partial charge in [0, 0.05) is 12.6 Å². The maximum Gasteiger partial charge on any atom is 0.351 e. The third kappa shape index (κ3) is 3.63. The molecule has 0 saturated heterocycles. The molecule has 5 heteroatoms. The Morgan fingerprint density at radius 3 is 2.80 bits per heavy atom. The van der Waals surface area contributed by atoms with Gasteiger partial charge >= 0.3 is 5.97 Å². The SMILES string of the molecule is CC(C)N(C)CCOC(=O)C1COc2ccccc2O1. The highest BCUT2D eigenvalue weighted by Crippen LogP contribution is 2.31. The minimum Gasteiger partial charge on any atom is -0.485 e. The van der Waals surface area contributed by atoms with E-state index < -0.39 is 6.10 Å². The summed E-state index contributed by atoms with van der Waals surface area (Å²) in [5.74, 6) is 0.868. The molecule has 1 aliphatic heterocycles. The van der Waals surface area contributed by atoms with Crippen molar-refractivity contribution in [1.82, 2.24) is 4.90 Å². The van der Waals surface area contributed by atoms with Gasteiger partial charge in [0.25, 0.3) is 0 Å². The number of nitrogens with zero attached hydrogens (tertiary/aromatic N) is 1. The number of ether oxygens (including phenoxy) is 3. The first kappa shape index (κ1) is 14.7. The lowest BCUT2D eigenvalue weighted by molar-refractivity contribution is -0.154. The fraction of sp³-hybridized carbons (Fsp3) is 0.533. The van der Waals surface area contributed by atoms with Crippen molar-refractivity contribution in [2.75, 3.05) is 26.8 Å². The van der Waals surface area contributed by atoms with Crippen molar-refractivity contribution in [1.29, 1.82) is 0 Å². The zero-order valence-electron chi connectivity index (χ0n) is 12.2. The van der Waals surface area contributed by atoms with Crippen LogP contribution in [0.4, 0.5) is 0 Å². The lowest BCUT2D eigenvalue weighted by atomic mass is 10.2. The molecule has 0 spiro atoms. The predicted molar refractivity (Wildman–Crippen MR) is 75.1 cm³/mol. The molecule has 0 bridgehead atoms. The molecular weight excluding hydrogens is 258 g/mol. The first-order chi connectivity index (χ1) is 9.58. The van der Waals surface area contributed by atoms with Crippen molar-refractivity contribution < 1.29 is 19.0 Å². The Hall–Kier alpha value is -1.75. The highest BCUT2D eigenvalue weighted by Gasteiger charge is 2.28. The van der Waals surface area contributed by atoms with Crippen molar-refractivity contribution in [2.45, 2.75) is 26.0 Å². The van der Waals surface area contributed by atoms with Gasteiger partial charge in [-0.1, -0.05) is 12.1 Å². The molecule has 2 rings (SSSR count). The Morgan fingerprint density at radius 1 is 1.40 bits per heavy atom. The molecule has 1 atom stereocenters. The number of benzene rings is 1. The van der Waals surface area contributed by atoms with Crippen LogP contribution in [-0.4, -0.2) is 49.8 Å². The number of fused-ring (bicyclic) bond motifs is 1. The first-order valence-corrected chi connectivity index (χ1v) is 6.83.